The van der Waals surface area contributed by atoms with Crippen molar-refractivity contribution in [3.63, 3.8) is 0 Å². The lowest BCUT2D eigenvalue weighted by Crippen LogP contribution is -2.47. The molecule has 0 saturated heterocycles. The molecule has 2 aromatic carbocycles. The molecule has 0 radical (unpaired) electrons. The summed E-state index contributed by atoms with van der Waals surface area (Å²) in [4.78, 5) is 34.3. The first-order valence-electron chi connectivity index (χ1n) is 8.31. The van der Waals surface area contributed by atoms with Gasteiger partial charge in [-0.1, -0.05) is 24.3 Å². The number of aryl methyl sites for hydroxylation is 1. The van der Waals surface area contributed by atoms with Crippen molar-refractivity contribution in [3.05, 3.63) is 64.7 Å². The summed E-state index contributed by atoms with van der Waals surface area (Å²) in [5.74, 6) is -1.43. The van der Waals surface area contributed by atoms with E-state index in [4.69, 9.17) is 9.84 Å². The molecule has 0 fully saturated rings. The van der Waals surface area contributed by atoms with E-state index in [0.717, 1.165) is 17.4 Å². The normalized spacial score (nSPS) is 12.7. The van der Waals surface area contributed by atoms with Gasteiger partial charge in [0.1, 0.15) is 12.4 Å². The quantitative estimate of drug-likeness (QED) is 0.611. The van der Waals surface area contributed by atoms with Gasteiger partial charge in [-0.3, -0.25) is 9.59 Å². The maximum Gasteiger partial charge on any atom is 0.328 e. The molecule has 2 rings (SSSR count). The van der Waals surface area contributed by atoms with Gasteiger partial charge in [-0.2, -0.15) is 0 Å². The monoisotopic (exact) mass is 371 g/mol. The fourth-order valence-electron chi connectivity index (χ4n) is 2.46. The molecule has 1 amide bonds. The molecule has 27 heavy (non-hydrogen) atoms. The van der Waals surface area contributed by atoms with Crippen LogP contribution in [-0.4, -0.2) is 40.5 Å². The van der Waals surface area contributed by atoms with E-state index in [1.807, 2.05) is 13.0 Å². The van der Waals surface area contributed by atoms with Gasteiger partial charge in [0.15, 0.2) is 12.3 Å². The molecule has 0 saturated carbocycles. The van der Waals surface area contributed by atoms with Crippen LogP contribution in [-0.2, 0) is 11.4 Å². The molecular weight excluding hydrogens is 350 g/mol. The average Bonchev–Trinajstić information content (AvgIpc) is 2.64. The minimum absolute atomic E-state index is 0.206. The molecule has 0 bridgehead atoms. The zero-order valence-electron chi connectivity index (χ0n) is 15.0. The summed E-state index contributed by atoms with van der Waals surface area (Å²) in [6.45, 7) is 3.32. The third-order valence-electron chi connectivity index (χ3n) is 4.05. The van der Waals surface area contributed by atoms with Crippen molar-refractivity contribution in [2.45, 2.75) is 32.6 Å². The molecule has 1 unspecified atom stereocenters. The Kier molecular flexibility index (Phi) is 6.67. The maximum absolute atomic E-state index is 12.1. The minimum atomic E-state index is -1.39. The Morgan fingerprint density at radius 1 is 1.19 bits per heavy atom. The van der Waals surface area contributed by atoms with Gasteiger partial charge in [0, 0.05) is 5.56 Å². The number of carboxylic acids is 1. The lowest BCUT2D eigenvalue weighted by atomic mass is 10.1. The highest BCUT2D eigenvalue weighted by Gasteiger charge is 2.25. The number of carbonyl (C=O) groups is 3. The minimum Gasteiger partial charge on any atom is -0.488 e. The van der Waals surface area contributed by atoms with Gasteiger partial charge < -0.3 is 20.3 Å². The van der Waals surface area contributed by atoms with Crippen molar-refractivity contribution >= 4 is 18.2 Å². The van der Waals surface area contributed by atoms with Crippen molar-refractivity contribution < 1.29 is 29.3 Å². The molecule has 0 spiro atoms. The van der Waals surface area contributed by atoms with Crippen LogP contribution < -0.4 is 10.1 Å². The maximum atomic E-state index is 12.1. The Morgan fingerprint density at radius 2 is 1.85 bits per heavy atom. The number of hydrogen-bond donors (Lipinski definition) is 3. The van der Waals surface area contributed by atoms with E-state index in [-0.39, 0.29) is 12.2 Å². The second kappa shape index (κ2) is 8.95. The van der Waals surface area contributed by atoms with Crippen LogP contribution in [0.3, 0.4) is 0 Å². The topological polar surface area (TPSA) is 113 Å². The molecule has 0 heterocycles. The number of carbonyl (C=O) groups excluding carboxylic acids is 2. The smallest absolute Gasteiger partial charge is 0.328 e. The van der Waals surface area contributed by atoms with Crippen molar-refractivity contribution in [1.29, 1.82) is 0 Å². The number of aliphatic hydroxyl groups is 1. The average molecular weight is 371 g/mol. The molecule has 0 aliphatic heterocycles. The highest BCUT2D eigenvalue weighted by atomic mass is 16.5. The van der Waals surface area contributed by atoms with Gasteiger partial charge >= 0.3 is 5.97 Å². The zero-order valence-corrected chi connectivity index (χ0v) is 15.0. The number of aldehydes is 1. The molecular formula is C20H21NO6. The Hall–Kier alpha value is -3.19. The highest BCUT2D eigenvalue weighted by molar-refractivity contribution is 5.96. The molecule has 7 heteroatoms. The first-order chi connectivity index (χ1) is 12.8. The van der Waals surface area contributed by atoms with Crippen molar-refractivity contribution in [3.8, 4) is 5.75 Å². The van der Waals surface area contributed by atoms with Crippen molar-refractivity contribution in [2.24, 2.45) is 0 Å². The van der Waals surface area contributed by atoms with Crippen molar-refractivity contribution in [2.75, 3.05) is 0 Å². The SMILES string of the molecule is Cc1cccc(OCc2ccc(C(=O)N[C@H](C(=O)O)C(C)O)cc2)c1C=O. The lowest BCUT2D eigenvalue weighted by Gasteiger charge is -2.17. The number of ether oxygens (including phenoxy) is 1. The largest absolute Gasteiger partial charge is 0.488 e. The fourth-order valence-corrected chi connectivity index (χ4v) is 2.46. The predicted molar refractivity (Wildman–Crippen MR) is 97.9 cm³/mol. The summed E-state index contributed by atoms with van der Waals surface area (Å²) in [5, 5.41) is 20.7. The first kappa shape index (κ1) is 20.1. The summed E-state index contributed by atoms with van der Waals surface area (Å²) >= 11 is 0. The van der Waals surface area contributed by atoms with E-state index < -0.39 is 24.0 Å². The second-order valence-electron chi connectivity index (χ2n) is 6.12. The summed E-state index contributed by atoms with van der Waals surface area (Å²) in [7, 11) is 0. The molecule has 2 atom stereocenters. The van der Waals surface area contributed by atoms with Crippen LogP contribution in [0.2, 0.25) is 0 Å². The van der Waals surface area contributed by atoms with Gasteiger partial charge in [-0.15, -0.1) is 0 Å². The standard InChI is InChI=1S/C20H21NO6/c1-12-4-3-5-17(16(12)10-22)27-11-14-6-8-15(9-7-14)19(24)21-18(13(2)23)20(25)26/h3-10,13,18,23H,11H2,1-2H3,(H,21,24)(H,25,26)/t13?,18-/m0/s1. The summed E-state index contributed by atoms with van der Waals surface area (Å²) in [6, 6.07) is 10.3. The van der Waals surface area contributed by atoms with Crippen LogP contribution in [0.1, 0.15) is 38.8 Å². The van der Waals surface area contributed by atoms with Gasteiger partial charge in [-0.25, -0.2) is 4.79 Å². The zero-order chi connectivity index (χ0) is 20.0. The van der Waals surface area contributed by atoms with E-state index in [0.29, 0.717) is 11.3 Å². The molecule has 7 nitrogen and oxygen atoms in total. The third-order valence-corrected chi connectivity index (χ3v) is 4.05. The van der Waals surface area contributed by atoms with Gasteiger partial charge in [0.2, 0.25) is 0 Å². The number of nitrogens with one attached hydrogen (secondary N) is 1. The number of aliphatic carboxylic acids is 1. The van der Waals surface area contributed by atoms with Gasteiger partial charge in [0.25, 0.3) is 5.91 Å². The van der Waals surface area contributed by atoms with E-state index in [1.54, 1.807) is 24.3 Å². The second-order valence-corrected chi connectivity index (χ2v) is 6.12. The van der Waals surface area contributed by atoms with E-state index in [1.165, 1.54) is 19.1 Å². The molecule has 142 valence electrons. The third kappa shape index (κ3) is 5.15. The number of carboxylic acid groups (broad SMARTS) is 1. The molecule has 0 aromatic heterocycles. The molecule has 0 aliphatic carbocycles. The molecule has 0 aliphatic rings. The first-order valence-corrected chi connectivity index (χ1v) is 8.31. The van der Waals surface area contributed by atoms with Crippen LogP contribution >= 0.6 is 0 Å². The van der Waals surface area contributed by atoms with E-state index in [9.17, 15) is 19.5 Å². The van der Waals surface area contributed by atoms with Crippen LogP contribution in [0.5, 0.6) is 5.75 Å². The van der Waals surface area contributed by atoms with Crippen LogP contribution in [0.4, 0.5) is 0 Å². The van der Waals surface area contributed by atoms with Crippen LogP contribution in [0.25, 0.3) is 0 Å². The van der Waals surface area contributed by atoms with E-state index in [2.05, 4.69) is 5.32 Å². The summed E-state index contributed by atoms with van der Waals surface area (Å²) in [6.07, 6.45) is -0.473. The number of amides is 1. The molecule has 2 aromatic rings. The van der Waals surface area contributed by atoms with Crippen LogP contribution in [0, 0.1) is 6.92 Å². The van der Waals surface area contributed by atoms with E-state index >= 15 is 0 Å². The van der Waals surface area contributed by atoms with Gasteiger partial charge in [0.05, 0.1) is 11.7 Å². The van der Waals surface area contributed by atoms with Crippen molar-refractivity contribution in [1.82, 2.24) is 5.32 Å². The van der Waals surface area contributed by atoms with Gasteiger partial charge in [-0.05, 0) is 43.2 Å². The highest BCUT2D eigenvalue weighted by Crippen LogP contribution is 2.21. The molecule has 3 N–H and O–H groups in total. The number of hydrogen-bond acceptors (Lipinski definition) is 5. The summed E-state index contributed by atoms with van der Waals surface area (Å²) in [5.41, 5.74) is 2.34. The number of benzene rings is 2. The fraction of sp³-hybridized carbons (Fsp3) is 0.250. The Bertz CT molecular complexity index is 829. The Morgan fingerprint density at radius 3 is 2.41 bits per heavy atom. The Labute approximate surface area is 156 Å². The Balaban J connectivity index is 2.03. The van der Waals surface area contributed by atoms with Crippen LogP contribution in [0.15, 0.2) is 42.5 Å². The lowest BCUT2D eigenvalue weighted by molar-refractivity contribution is -0.141. The number of rotatable bonds is 8. The number of aliphatic hydroxyl groups excluding tert-OH is 1. The summed E-state index contributed by atoms with van der Waals surface area (Å²) < 4.78 is 5.68. The predicted octanol–water partition coefficient (Wildman–Crippen LogP) is 1.95.